The molecular formula is C12H18F6N2O8S4. The second-order valence-corrected chi connectivity index (χ2v) is 16.5. The third-order valence-corrected chi connectivity index (χ3v) is 12.6. The Balaban J connectivity index is 7.11. The Labute approximate surface area is 180 Å². The number of nitriles is 1. The molecule has 1 N–H and O–H groups in total. The van der Waals surface area contributed by atoms with Crippen molar-refractivity contribution in [1.29, 1.82) is 5.26 Å². The highest BCUT2D eigenvalue weighted by molar-refractivity contribution is 8.11. The van der Waals surface area contributed by atoms with Crippen LogP contribution in [0.15, 0.2) is 0 Å². The highest BCUT2D eigenvalue weighted by atomic mass is 32.3. The Morgan fingerprint density at radius 2 is 1.16 bits per heavy atom. The fourth-order valence-corrected chi connectivity index (χ4v) is 9.01. The molecule has 0 saturated heterocycles. The largest absolute Gasteiger partial charge is 0.429 e. The molecule has 0 rings (SSSR count). The van der Waals surface area contributed by atoms with Crippen molar-refractivity contribution in [2.45, 2.75) is 48.2 Å². The van der Waals surface area contributed by atoms with Crippen LogP contribution in [0.4, 0.5) is 26.3 Å². The van der Waals surface area contributed by atoms with Gasteiger partial charge < -0.3 is 0 Å². The van der Waals surface area contributed by atoms with Crippen LogP contribution in [0.1, 0.15) is 27.7 Å². The van der Waals surface area contributed by atoms with Gasteiger partial charge in [-0.2, -0.15) is 31.6 Å². The number of rotatable bonds is 9. The van der Waals surface area contributed by atoms with E-state index in [1.807, 2.05) is 0 Å². The number of halogens is 6. The van der Waals surface area contributed by atoms with E-state index in [0.717, 1.165) is 20.8 Å². The molecule has 32 heavy (non-hydrogen) atoms. The minimum atomic E-state index is -7.48. The van der Waals surface area contributed by atoms with E-state index in [9.17, 15) is 60.0 Å². The van der Waals surface area contributed by atoms with Crippen LogP contribution in [0.25, 0.3) is 0 Å². The molecule has 190 valence electrons. The van der Waals surface area contributed by atoms with E-state index in [1.54, 1.807) is 0 Å². The number of nitrogens with one attached hydrogen (secondary N) is 1. The molecule has 0 aromatic rings. The van der Waals surface area contributed by atoms with Crippen molar-refractivity contribution >= 4 is 39.7 Å². The molecule has 0 bridgehead atoms. The summed E-state index contributed by atoms with van der Waals surface area (Å²) in [6, 6.07) is 0.393. The molecule has 0 fully saturated rings. The highest BCUT2D eigenvalue weighted by Crippen LogP contribution is 2.53. The van der Waals surface area contributed by atoms with E-state index in [1.165, 1.54) is 0 Å². The van der Waals surface area contributed by atoms with Gasteiger partial charge in [0.15, 0.2) is 9.84 Å². The number of hydrogen-bond acceptors (Lipinski definition) is 9. The molecule has 0 aromatic carbocycles. The summed E-state index contributed by atoms with van der Waals surface area (Å²) in [5.41, 5.74) is -1.43. The van der Waals surface area contributed by atoms with Crippen LogP contribution in [0, 0.1) is 16.7 Å². The van der Waals surface area contributed by atoms with Gasteiger partial charge in [-0.15, -0.1) is 4.13 Å². The fraction of sp³-hybridized carbons (Fsp3) is 0.917. The molecule has 0 heterocycles. The summed E-state index contributed by atoms with van der Waals surface area (Å²) < 4.78 is 174. The first-order chi connectivity index (χ1) is 13.5. The summed E-state index contributed by atoms with van der Waals surface area (Å²) in [6.07, 6.45) is -0.126. The van der Waals surface area contributed by atoms with E-state index < -0.39 is 71.4 Å². The molecule has 0 aliphatic rings. The van der Waals surface area contributed by atoms with Crippen LogP contribution in [0.3, 0.4) is 0 Å². The molecule has 0 aromatic heterocycles. The smallest absolute Gasteiger partial charge is 0.226 e. The van der Waals surface area contributed by atoms with E-state index >= 15 is 0 Å². The predicted molar refractivity (Wildman–Crippen MR) is 97.9 cm³/mol. The van der Waals surface area contributed by atoms with Crippen LogP contribution in [0.5, 0.6) is 0 Å². The van der Waals surface area contributed by atoms with Crippen molar-refractivity contribution < 1.29 is 60.0 Å². The summed E-state index contributed by atoms with van der Waals surface area (Å²) in [5.74, 6) is -8.82. The minimum Gasteiger partial charge on any atom is -0.226 e. The average molecular weight is 561 g/mol. The average Bonchev–Trinajstić information content (AvgIpc) is 2.48. The molecule has 0 spiro atoms. The Hall–Kier alpha value is -1.17. The van der Waals surface area contributed by atoms with Crippen LogP contribution in [0.2, 0.25) is 0 Å². The van der Waals surface area contributed by atoms with Crippen molar-refractivity contribution in [2.75, 3.05) is 12.0 Å². The molecule has 0 amide bonds. The molecular weight excluding hydrogens is 542 g/mol. The first-order valence-electron chi connectivity index (χ1n) is 7.72. The molecule has 0 saturated carbocycles. The number of sulfone groups is 2. The number of alkyl halides is 6. The lowest BCUT2D eigenvalue weighted by Crippen LogP contribution is -2.66. The van der Waals surface area contributed by atoms with Crippen molar-refractivity contribution in [3.63, 3.8) is 0 Å². The Morgan fingerprint density at radius 3 is 1.44 bits per heavy atom. The number of sulfonamides is 2. The first-order valence-corrected chi connectivity index (χ1v) is 14.2. The SMILES string of the molecule is CC(C)(C)CS(=O)(=O)C(C)(C#N)S(=O)(=O)C(F)(F)C(F)(F)C(F)(F)S(=O)(=O)NS(C)(=O)=O. The van der Waals surface area contributed by atoms with E-state index in [-0.39, 0.29) is 17.3 Å². The van der Waals surface area contributed by atoms with Gasteiger partial charge in [0, 0.05) is 0 Å². The molecule has 0 aliphatic heterocycles. The van der Waals surface area contributed by atoms with Gasteiger partial charge in [0.05, 0.1) is 12.0 Å². The fourth-order valence-electron chi connectivity index (χ4n) is 2.01. The normalized spacial score (nSPS) is 17.4. The minimum absolute atomic E-state index is 0.0175. The van der Waals surface area contributed by atoms with Crippen LogP contribution < -0.4 is 4.13 Å². The molecule has 20 heteroatoms. The van der Waals surface area contributed by atoms with Crippen molar-refractivity contribution in [1.82, 2.24) is 4.13 Å². The van der Waals surface area contributed by atoms with Gasteiger partial charge in [-0.05, 0) is 12.3 Å². The zero-order valence-corrected chi connectivity index (χ0v) is 20.1. The molecule has 1 atom stereocenters. The second-order valence-electron chi connectivity index (χ2n) is 7.85. The highest BCUT2D eigenvalue weighted by Gasteiger charge is 2.85. The topological polar surface area (TPSA) is 172 Å². The molecule has 10 nitrogen and oxygen atoms in total. The lowest BCUT2D eigenvalue weighted by atomic mass is 10.0. The maximum absolute atomic E-state index is 14.4. The van der Waals surface area contributed by atoms with Crippen molar-refractivity contribution in [3.05, 3.63) is 0 Å². The summed E-state index contributed by atoms with van der Waals surface area (Å²) >= 11 is 0. The first kappa shape index (κ1) is 30.8. The van der Waals surface area contributed by atoms with Gasteiger partial charge in [-0.1, -0.05) is 20.8 Å². The van der Waals surface area contributed by atoms with E-state index in [2.05, 4.69) is 0 Å². The standard InChI is InChI=1S/C12H18F6N2O8S4/c1-8(2,3)7-30(23,24)9(4,6-19)31(25,26)11(15,16)10(13,14)12(17,18)32(27,28)20-29(5,21)22/h20H,7H2,1-5H3. The molecule has 0 aliphatic carbocycles. The lowest BCUT2D eigenvalue weighted by Gasteiger charge is -2.35. The van der Waals surface area contributed by atoms with Gasteiger partial charge >= 0.3 is 16.4 Å². The van der Waals surface area contributed by atoms with Crippen molar-refractivity contribution in [3.8, 4) is 6.07 Å². The summed E-state index contributed by atoms with van der Waals surface area (Å²) in [7, 11) is -25.6. The van der Waals surface area contributed by atoms with Gasteiger partial charge in [-0.25, -0.2) is 33.7 Å². The zero-order valence-electron chi connectivity index (χ0n) is 16.8. The Bertz CT molecular complexity index is 1230. The van der Waals surface area contributed by atoms with E-state index in [0.29, 0.717) is 6.07 Å². The summed E-state index contributed by atoms with van der Waals surface area (Å²) in [4.78, 5) is 0. The van der Waals surface area contributed by atoms with Crippen molar-refractivity contribution in [2.24, 2.45) is 5.41 Å². The maximum atomic E-state index is 14.4. The Morgan fingerprint density at radius 1 is 0.781 bits per heavy atom. The lowest BCUT2D eigenvalue weighted by molar-refractivity contribution is -0.244. The summed E-state index contributed by atoms with van der Waals surface area (Å²) in [5, 5.41) is -5.31. The third-order valence-electron chi connectivity index (χ3n) is 3.60. The van der Waals surface area contributed by atoms with Crippen LogP contribution in [-0.2, 0) is 39.7 Å². The second kappa shape index (κ2) is 7.95. The Kier molecular flexibility index (Phi) is 7.66. The summed E-state index contributed by atoms with van der Waals surface area (Å²) in [6.45, 7) is 3.12. The van der Waals surface area contributed by atoms with Gasteiger partial charge in [0.2, 0.25) is 10.0 Å². The monoisotopic (exact) mass is 560 g/mol. The van der Waals surface area contributed by atoms with E-state index in [4.69, 9.17) is 5.26 Å². The molecule has 0 radical (unpaired) electrons. The zero-order chi connectivity index (χ0) is 26.6. The van der Waals surface area contributed by atoms with Gasteiger partial charge in [0.1, 0.15) is 6.07 Å². The van der Waals surface area contributed by atoms with Crippen LogP contribution in [-0.4, -0.2) is 66.2 Å². The quantitative estimate of drug-likeness (QED) is 0.400. The van der Waals surface area contributed by atoms with Gasteiger partial charge in [-0.3, -0.25) is 0 Å². The molecule has 1 unspecified atom stereocenters. The number of hydrogen-bond donors (Lipinski definition) is 1. The van der Waals surface area contributed by atoms with Gasteiger partial charge in [0.25, 0.3) is 23.9 Å². The van der Waals surface area contributed by atoms with Crippen LogP contribution >= 0.6 is 0 Å². The maximum Gasteiger partial charge on any atom is 0.429 e. The third kappa shape index (κ3) is 4.85. The number of nitrogens with zero attached hydrogens (tertiary/aromatic N) is 1. The predicted octanol–water partition coefficient (Wildman–Crippen LogP) is 0.802.